The number of nitrogens with one attached hydrogen (secondary N) is 1. The van der Waals surface area contributed by atoms with Crippen LogP contribution >= 0.6 is 11.6 Å². The minimum absolute atomic E-state index is 0.0503. The molecule has 2 aromatic heterocycles. The van der Waals surface area contributed by atoms with Crippen molar-refractivity contribution >= 4 is 40.6 Å². The zero-order chi connectivity index (χ0) is 21.3. The van der Waals surface area contributed by atoms with Crippen LogP contribution in [-0.4, -0.2) is 35.7 Å². The number of imidazole rings is 1. The number of aryl methyl sites for hydroxylation is 1. The van der Waals surface area contributed by atoms with Gasteiger partial charge in [-0.3, -0.25) is 28.8 Å². The Morgan fingerprint density at radius 3 is 2.76 bits per heavy atom. The number of hydrogen-bond acceptors (Lipinski definition) is 7. The minimum Gasteiger partial charge on any atom is -0.307 e. The molecule has 0 aliphatic rings. The number of carbonyl (C=O) groups excluding carboxylic acids is 1. The molecule has 0 bridgehead atoms. The van der Waals surface area contributed by atoms with E-state index in [1.165, 1.54) is 54.0 Å². The number of nitrogens with zero attached hydrogens (tertiary/aromatic N) is 6. The first-order valence-electron chi connectivity index (χ1n) is 8.07. The lowest BCUT2D eigenvalue weighted by atomic mass is 10.2. The number of nitro groups is 1. The SMILES string of the molecule is Cn1c(=O)c2ncn(CC(=O)NN=Cc3cc([N+](=O)[O-])ccc3Cl)c2n(C)c1=O. The van der Waals surface area contributed by atoms with E-state index in [1.54, 1.807) is 0 Å². The molecule has 2 heterocycles. The van der Waals surface area contributed by atoms with Gasteiger partial charge in [-0.25, -0.2) is 15.2 Å². The number of hydrogen-bond donors (Lipinski definition) is 1. The van der Waals surface area contributed by atoms with Crippen molar-refractivity contribution in [2.24, 2.45) is 19.2 Å². The van der Waals surface area contributed by atoms with Crippen LogP contribution in [0.15, 0.2) is 39.2 Å². The standard InChI is InChI=1S/C16H14ClN7O5/c1-21-14-13(15(26)22(2)16(21)27)18-8-23(14)7-12(25)20-19-6-9-5-10(24(28)29)3-4-11(9)17/h3-6,8H,7H2,1-2H3,(H,20,25). The summed E-state index contributed by atoms with van der Waals surface area (Å²) in [5.74, 6) is -0.574. The van der Waals surface area contributed by atoms with Gasteiger partial charge in [0.25, 0.3) is 17.2 Å². The highest BCUT2D eigenvalue weighted by Gasteiger charge is 2.15. The van der Waals surface area contributed by atoms with E-state index in [-0.39, 0.29) is 34.0 Å². The average molecular weight is 420 g/mol. The van der Waals surface area contributed by atoms with E-state index in [0.29, 0.717) is 0 Å². The third-order valence-electron chi connectivity index (χ3n) is 4.11. The Morgan fingerprint density at radius 1 is 1.34 bits per heavy atom. The molecule has 150 valence electrons. The summed E-state index contributed by atoms with van der Waals surface area (Å²) in [6.45, 7) is -0.267. The fourth-order valence-corrected chi connectivity index (χ4v) is 2.83. The van der Waals surface area contributed by atoms with Crippen molar-refractivity contribution in [1.29, 1.82) is 0 Å². The number of nitro benzene ring substituents is 1. The summed E-state index contributed by atoms with van der Waals surface area (Å²) in [6.07, 6.45) is 2.44. The Balaban J connectivity index is 1.80. The quantitative estimate of drug-likeness (QED) is 0.353. The van der Waals surface area contributed by atoms with Gasteiger partial charge >= 0.3 is 5.69 Å². The van der Waals surface area contributed by atoms with E-state index >= 15 is 0 Å². The molecule has 0 spiro atoms. The second-order valence-corrected chi connectivity index (χ2v) is 6.41. The van der Waals surface area contributed by atoms with Crippen LogP contribution in [0.3, 0.4) is 0 Å². The molecular formula is C16H14ClN7O5. The van der Waals surface area contributed by atoms with Gasteiger partial charge in [0.05, 0.1) is 17.5 Å². The Bertz CT molecular complexity index is 1290. The van der Waals surface area contributed by atoms with Gasteiger partial charge in [-0.1, -0.05) is 11.6 Å². The molecule has 13 heteroatoms. The normalized spacial score (nSPS) is 11.3. The van der Waals surface area contributed by atoms with Crippen LogP contribution in [0.25, 0.3) is 11.2 Å². The van der Waals surface area contributed by atoms with Gasteiger partial charge < -0.3 is 4.57 Å². The fourth-order valence-electron chi connectivity index (χ4n) is 2.66. The van der Waals surface area contributed by atoms with Gasteiger partial charge in [-0.05, 0) is 6.07 Å². The number of carbonyl (C=O) groups is 1. The molecule has 0 fully saturated rings. The maximum atomic E-state index is 12.2. The van der Waals surface area contributed by atoms with E-state index in [0.717, 1.165) is 4.57 Å². The smallest absolute Gasteiger partial charge is 0.307 e. The van der Waals surface area contributed by atoms with Crippen molar-refractivity contribution in [3.63, 3.8) is 0 Å². The highest BCUT2D eigenvalue weighted by atomic mass is 35.5. The highest BCUT2D eigenvalue weighted by Crippen LogP contribution is 2.20. The molecule has 3 rings (SSSR count). The van der Waals surface area contributed by atoms with Crippen LogP contribution in [0.1, 0.15) is 5.56 Å². The van der Waals surface area contributed by atoms with Crippen molar-refractivity contribution < 1.29 is 9.72 Å². The number of fused-ring (bicyclic) bond motifs is 1. The monoisotopic (exact) mass is 419 g/mol. The Kier molecular flexibility index (Phi) is 5.28. The van der Waals surface area contributed by atoms with Crippen LogP contribution in [0.5, 0.6) is 0 Å². The van der Waals surface area contributed by atoms with Crippen molar-refractivity contribution in [2.75, 3.05) is 0 Å². The Hall–Kier alpha value is -3.80. The largest absolute Gasteiger partial charge is 0.332 e. The lowest BCUT2D eigenvalue weighted by molar-refractivity contribution is -0.384. The Labute approximate surface area is 166 Å². The van der Waals surface area contributed by atoms with Crippen LogP contribution in [0.2, 0.25) is 5.02 Å². The van der Waals surface area contributed by atoms with Crippen molar-refractivity contribution in [2.45, 2.75) is 6.54 Å². The fraction of sp³-hybridized carbons (Fsp3) is 0.188. The molecular weight excluding hydrogens is 406 g/mol. The summed E-state index contributed by atoms with van der Waals surface area (Å²) in [6, 6.07) is 3.81. The van der Waals surface area contributed by atoms with Gasteiger partial charge in [0.15, 0.2) is 5.52 Å². The van der Waals surface area contributed by atoms with Crippen LogP contribution in [0.4, 0.5) is 5.69 Å². The van der Waals surface area contributed by atoms with E-state index < -0.39 is 22.1 Å². The van der Waals surface area contributed by atoms with Crippen LogP contribution < -0.4 is 16.7 Å². The number of hydrazone groups is 1. The summed E-state index contributed by atoms with van der Waals surface area (Å²) >= 11 is 5.95. The van der Waals surface area contributed by atoms with E-state index in [4.69, 9.17) is 11.6 Å². The zero-order valence-electron chi connectivity index (χ0n) is 15.2. The summed E-state index contributed by atoms with van der Waals surface area (Å²) in [5.41, 5.74) is 1.45. The third kappa shape index (κ3) is 3.78. The predicted molar refractivity (Wildman–Crippen MR) is 104 cm³/mol. The van der Waals surface area contributed by atoms with E-state index in [2.05, 4.69) is 15.5 Å². The van der Waals surface area contributed by atoms with Gasteiger partial charge in [-0.2, -0.15) is 5.10 Å². The first-order valence-corrected chi connectivity index (χ1v) is 8.45. The molecule has 12 nitrogen and oxygen atoms in total. The van der Waals surface area contributed by atoms with Gasteiger partial charge in [0.2, 0.25) is 0 Å². The molecule has 1 aromatic carbocycles. The van der Waals surface area contributed by atoms with Crippen molar-refractivity contribution in [1.82, 2.24) is 24.1 Å². The first-order chi connectivity index (χ1) is 13.7. The molecule has 3 aromatic rings. The number of aromatic nitrogens is 4. The summed E-state index contributed by atoms with van der Waals surface area (Å²) < 4.78 is 3.47. The Morgan fingerprint density at radius 2 is 2.07 bits per heavy atom. The highest BCUT2D eigenvalue weighted by molar-refractivity contribution is 6.33. The van der Waals surface area contributed by atoms with Crippen LogP contribution in [0, 0.1) is 10.1 Å². The predicted octanol–water partition coefficient (Wildman–Crippen LogP) is 0.146. The molecule has 29 heavy (non-hydrogen) atoms. The molecule has 0 saturated heterocycles. The maximum Gasteiger partial charge on any atom is 0.332 e. The second-order valence-electron chi connectivity index (χ2n) is 6.01. The third-order valence-corrected chi connectivity index (χ3v) is 4.45. The van der Waals surface area contributed by atoms with Gasteiger partial charge in [-0.15, -0.1) is 0 Å². The van der Waals surface area contributed by atoms with Gasteiger partial charge in [0.1, 0.15) is 12.2 Å². The van der Waals surface area contributed by atoms with Crippen LogP contribution in [-0.2, 0) is 25.4 Å². The van der Waals surface area contributed by atoms with E-state index in [9.17, 15) is 24.5 Å². The summed E-state index contributed by atoms with van der Waals surface area (Å²) in [4.78, 5) is 50.6. The number of non-ortho nitro benzene ring substituents is 1. The number of benzene rings is 1. The molecule has 0 unspecified atom stereocenters. The molecule has 0 atom stereocenters. The number of rotatable bonds is 5. The molecule has 0 aliphatic heterocycles. The molecule has 0 saturated carbocycles. The molecule has 0 aliphatic carbocycles. The molecule has 1 N–H and O–H groups in total. The van der Waals surface area contributed by atoms with Gasteiger partial charge in [0, 0.05) is 36.8 Å². The number of halogens is 1. The minimum atomic E-state index is -0.578. The molecule has 0 radical (unpaired) electrons. The van der Waals surface area contributed by atoms with Crippen molar-refractivity contribution in [3.05, 3.63) is 66.1 Å². The molecule has 1 amide bonds. The summed E-state index contributed by atoms with van der Waals surface area (Å²) in [5, 5.41) is 14.8. The zero-order valence-corrected chi connectivity index (χ0v) is 16.0. The van der Waals surface area contributed by atoms with E-state index in [1.807, 2.05) is 0 Å². The second kappa shape index (κ2) is 7.67. The number of amides is 1. The first kappa shape index (κ1) is 19.9. The van der Waals surface area contributed by atoms with Crippen molar-refractivity contribution in [3.8, 4) is 0 Å². The summed E-state index contributed by atoms with van der Waals surface area (Å²) in [7, 11) is 2.80. The maximum absolute atomic E-state index is 12.2. The lowest BCUT2D eigenvalue weighted by Crippen LogP contribution is -2.37. The lowest BCUT2D eigenvalue weighted by Gasteiger charge is -2.07. The topological polar surface area (TPSA) is 146 Å². The average Bonchev–Trinajstić information content (AvgIpc) is 3.09.